The van der Waals surface area contributed by atoms with Crippen LogP contribution >= 0.6 is 11.8 Å². The summed E-state index contributed by atoms with van der Waals surface area (Å²) in [4.78, 5) is 12.3. The topological polar surface area (TPSA) is 72.7 Å². The molecule has 27 heavy (non-hydrogen) atoms. The fourth-order valence-corrected chi connectivity index (χ4v) is 3.68. The molecule has 6 nitrogen and oxygen atoms in total. The predicted octanol–water partition coefficient (Wildman–Crippen LogP) is 3.64. The lowest BCUT2D eigenvalue weighted by Crippen LogP contribution is -2.28. The van der Waals surface area contributed by atoms with Gasteiger partial charge in [0.2, 0.25) is 11.1 Å². The predicted molar refractivity (Wildman–Crippen MR) is 105 cm³/mol. The Morgan fingerprint density at radius 1 is 1.15 bits per heavy atom. The Hall–Kier alpha value is -2.67. The molecule has 0 bridgehead atoms. The Kier molecular flexibility index (Phi) is 5.20. The van der Waals surface area contributed by atoms with E-state index in [1.807, 2.05) is 29.8 Å². The van der Waals surface area contributed by atoms with E-state index in [0.29, 0.717) is 17.0 Å². The average Bonchev–Trinajstić information content (AvgIpc) is 3.45. The van der Waals surface area contributed by atoms with E-state index in [0.717, 1.165) is 18.4 Å². The van der Waals surface area contributed by atoms with Crippen molar-refractivity contribution in [2.24, 2.45) is 0 Å². The Morgan fingerprint density at radius 3 is 2.56 bits per heavy atom. The molecule has 1 atom stereocenters. The summed E-state index contributed by atoms with van der Waals surface area (Å²) < 4.78 is 1.82. The highest BCUT2D eigenvalue weighted by Crippen LogP contribution is 2.36. The molecule has 0 aliphatic heterocycles. The van der Waals surface area contributed by atoms with E-state index in [9.17, 15) is 4.79 Å². The molecule has 1 N–H and O–H groups in total. The summed E-state index contributed by atoms with van der Waals surface area (Å²) in [5.74, 6) is 0.282. The van der Waals surface area contributed by atoms with Crippen molar-refractivity contribution in [3.8, 4) is 11.1 Å². The van der Waals surface area contributed by atoms with E-state index in [4.69, 9.17) is 0 Å². The van der Waals surface area contributed by atoms with E-state index < -0.39 is 0 Å². The number of aromatic nitrogens is 4. The number of amides is 1. The molecule has 1 aliphatic rings. The van der Waals surface area contributed by atoms with Gasteiger partial charge in [0.1, 0.15) is 0 Å². The van der Waals surface area contributed by atoms with Crippen LogP contribution in [0.25, 0.3) is 11.1 Å². The molecule has 0 saturated heterocycles. The third kappa shape index (κ3) is 4.36. The van der Waals surface area contributed by atoms with Crippen LogP contribution < -0.4 is 5.32 Å². The number of hydrogen-bond donors (Lipinski definition) is 1. The highest BCUT2D eigenvalue weighted by atomic mass is 32.2. The number of carbonyl (C=O) groups is 1. The highest BCUT2D eigenvalue weighted by molar-refractivity contribution is 7.99. The highest BCUT2D eigenvalue weighted by Gasteiger charge is 2.28. The van der Waals surface area contributed by atoms with Gasteiger partial charge in [-0.15, -0.1) is 5.10 Å². The Bertz CT molecular complexity index is 906. The first-order valence-corrected chi connectivity index (χ1v) is 10.0. The minimum Gasteiger partial charge on any atom is -0.349 e. The second-order valence-corrected chi connectivity index (χ2v) is 7.65. The number of tetrazole rings is 1. The molecule has 1 aromatic heterocycles. The van der Waals surface area contributed by atoms with Gasteiger partial charge in [-0.2, -0.15) is 0 Å². The van der Waals surface area contributed by atoms with E-state index in [1.165, 1.54) is 22.9 Å². The molecule has 4 rings (SSSR count). The second-order valence-electron chi connectivity index (χ2n) is 6.70. The third-order valence-electron chi connectivity index (χ3n) is 4.58. The molecular weight excluding hydrogens is 358 g/mol. The molecule has 0 radical (unpaired) electrons. The molecule has 1 saturated carbocycles. The minimum absolute atomic E-state index is 0.0232. The van der Waals surface area contributed by atoms with Crippen LogP contribution in [0.3, 0.4) is 0 Å². The van der Waals surface area contributed by atoms with Crippen LogP contribution in [0.15, 0.2) is 59.8 Å². The van der Waals surface area contributed by atoms with Crippen molar-refractivity contribution >= 4 is 17.7 Å². The lowest BCUT2D eigenvalue weighted by Gasteiger charge is -2.15. The molecule has 0 spiro atoms. The second kappa shape index (κ2) is 7.92. The molecule has 2 aromatic carbocycles. The van der Waals surface area contributed by atoms with E-state index in [2.05, 4.69) is 57.2 Å². The SMILES string of the molecule is C[C@@H](NC(=O)CSc1nnnn1C1CC1)c1ccc(-c2ccccc2)cc1. The zero-order valence-corrected chi connectivity index (χ0v) is 15.9. The van der Waals surface area contributed by atoms with Gasteiger partial charge in [-0.3, -0.25) is 4.79 Å². The average molecular weight is 379 g/mol. The number of nitrogens with one attached hydrogen (secondary N) is 1. The van der Waals surface area contributed by atoms with Crippen LogP contribution in [0.1, 0.15) is 37.4 Å². The maximum Gasteiger partial charge on any atom is 0.230 e. The Labute approximate surface area is 162 Å². The minimum atomic E-state index is -0.0534. The van der Waals surface area contributed by atoms with E-state index in [-0.39, 0.29) is 11.9 Å². The molecular formula is C20H21N5OS. The third-order valence-corrected chi connectivity index (χ3v) is 5.52. The van der Waals surface area contributed by atoms with Crippen LogP contribution in [0.4, 0.5) is 0 Å². The molecule has 0 unspecified atom stereocenters. The maximum atomic E-state index is 12.3. The van der Waals surface area contributed by atoms with Gasteiger partial charge < -0.3 is 5.32 Å². The van der Waals surface area contributed by atoms with E-state index in [1.54, 1.807) is 0 Å². The molecule has 7 heteroatoms. The summed E-state index contributed by atoms with van der Waals surface area (Å²) in [5, 5.41) is 15.5. The molecule has 1 aliphatic carbocycles. The van der Waals surface area contributed by atoms with Crippen molar-refractivity contribution in [2.75, 3.05) is 5.75 Å². The van der Waals surface area contributed by atoms with Crippen molar-refractivity contribution in [2.45, 2.75) is 37.0 Å². The summed E-state index contributed by atoms with van der Waals surface area (Å²) in [6.07, 6.45) is 2.22. The Balaban J connectivity index is 1.32. The van der Waals surface area contributed by atoms with Gasteiger partial charge in [0.25, 0.3) is 0 Å². The number of hydrogen-bond acceptors (Lipinski definition) is 5. The first-order chi connectivity index (χ1) is 13.2. The number of nitrogens with zero attached hydrogens (tertiary/aromatic N) is 4. The fraction of sp³-hybridized carbons (Fsp3) is 0.300. The molecule has 1 heterocycles. The van der Waals surface area contributed by atoms with Gasteiger partial charge in [0.15, 0.2) is 0 Å². The monoisotopic (exact) mass is 379 g/mol. The fourth-order valence-electron chi connectivity index (χ4n) is 2.92. The van der Waals surface area contributed by atoms with Gasteiger partial charge in [0, 0.05) is 0 Å². The molecule has 3 aromatic rings. The summed E-state index contributed by atoms with van der Waals surface area (Å²) in [6, 6.07) is 18.9. The van der Waals surface area contributed by atoms with Crippen molar-refractivity contribution in [1.82, 2.24) is 25.5 Å². The smallest absolute Gasteiger partial charge is 0.230 e. The summed E-state index contributed by atoms with van der Waals surface area (Å²) >= 11 is 1.38. The number of thioether (sulfide) groups is 1. The van der Waals surface area contributed by atoms with Gasteiger partial charge in [-0.05, 0) is 46.9 Å². The largest absolute Gasteiger partial charge is 0.349 e. The molecule has 1 fully saturated rings. The normalized spacial score (nSPS) is 14.7. The van der Waals surface area contributed by atoms with E-state index >= 15 is 0 Å². The summed E-state index contributed by atoms with van der Waals surface area (Å²) in [7, 11) is 0. The lowest BCUT2D eigenvalue weighted by molar-refractivity contribution is -0.119. The first-order valence-electron chi connectivity index (χ1n) is 9.06. The van der Waals surface area contributed by atoms with Gasteiger partial charge in [-0.1, -0.05) is 66.4 Å². The summed E-state index contributed by atoms with van der Waals surface area (Å²) in [5.41, 5.74) is 3.43. The van der Waals surface area contributed by atoms with Gasteiger partial charge in [0.05, 0.1) is 17.8 Å². The van der Waals surface area contributed by atoms with Crippen LogP contribution in [-0.2, 0) is 4.79 Å². The van der Waals surface area contributed by atoms with Crippen LogP contribution in [-0.4, -0.2) is 31.9 Å². The van der Waals surface area contributed by atoms with Crippen LogP contribution in [0.2, 0.25) is 0 Å². The lowest BCUT2D eigenvalue weighted by atomic mass is 10.0. The van der Waals surface area contributed by atoms with Crippen molar-refractivity contribution in [3.63, 3.8) is 0 Å². The first kappa shape index (κ1) is 17.7. The number of rotatable bonds is 7. The van der Waals surface area contributed by atoms with Crippen molar-refractivity contribution in [1.29, 1.82) is 0 Å². The van der Waals surface area contributed by atoms with Gasteiger partial charge >= 0.3 is 0 Å². The quantitative estimate of drug-likeness (QED) is 0.635. The van der Waals surface area contributed by atoms with Crippen molar-refractivity contribution in [3.05, 3.63) is 60.2 Å². The Morgan fingerprint density at radius 2 is 1.85 bits per heavy atom. The number of carbonyl (C=O) groups excluding carboxylic acids is 1. The van der Waals surface area contributed by atoms with Crippen LogP contribution in [0, 0.1) is 0 Å². The van der Waals surface area contributed by atoms with Crippen molar-refractivity contribution < 1.29 is 4.79 Å². The zero-order valence-electron chi connectivity index (χ0n) is 15.1. The molecule has 138 valence electrons. The van der Waals surface area contributed by atoms with Gasteiger partial charge in [-0.25, -0.2) is 4.68 Å². The molecule has 1 amide bonds. The number of benzene rings is 2. The van der Waals surface area contributed by atoms with Crippen LogP contribution in [0.5, 0.6) is 0 Å². The maximum absolute atomic E-state index is 12.3. The zero-order chi connectivity index (χ0) is 18.6. The standard InChI is InChI=1S/C20H21N5OS/c1-14(15-7-9-17(10-8-15)16-5-3-2-4-6-16)21-19(26)13-27-20-22-23-24-25(20)18-11-12-18/h2-10,14,18H,11-13H2,1H3,(H,21,26)/t14-/m1/s1. The summed E-state index contributed by atoms with van der Waals surface area (Å²) in [6.45, 7) is 1.99.